The highest BCUT2D eigenvalue weighted by Gasteiger charge is 2.29. The van der Waals surface area contributed by atoms with E-state index >= 15 is 0 Å². The van der Waals surface area contributed by atoms with Crippen molar-refractivity contribution in [3.8, 4) is 5.75 Å². The fourth-order valence-corrected chi connectivity index (χ4v) is 3.27. The zero-order valence-electron chi connectivity index (χ0n) is 11.2. The van der Waals surface area contributed by atoms with Crippen LogP contribution < -0.4 is 4.74 Å². The third-order valence-electron chi connectivity index (χ3n) is 3.73. The second-order valence-corrected chi connectivity index (χ2v) is 6.11. The molecule has 0 bridgehead atoms. The first kappa shape index (κ1) is 13.6. The zero-order valence-corrected chi connectivity index (χ0v) is 13.4. The smallest absolute Gasteiger partial charge is 0.171 e. The molecule has 0 saturated carbocycles. The van der Waals surface area contributed by atoms with Crippen LogP contribution in [-0.4, -0.2) is 12.4 Å². The Morgan fingerprint density at radius 2 is 2.00 bits per heavy atom. The van der Waals surface area contributed by atoms with Crippen molar-refractivity contribution in [2.24, 2.45) is 0 Å². The van der Waals surface area contributed by atoms with Crippen LogP contribution in [0.25, 0.3) is 0 Å². The summed E-state index contributed by atoms with van der Waals surface area (Å²) in [4.78, 5) is 12.9. The molecule has 1 aliphatic heterocycles. The number of Topliss-reactive ketones (excluding diaryl/α,β-unsaturated/α-hetero) is 1. The molecule has 0 aromatic heterocycles. The zero-order chi connectivity index (χ0) is 14.1. The molecule has 1 atom stereocenters. The quantitative estimate of drug-likeness (QED) is 0.574. The maximum atomic E-state index is 12.9. The normalized spacial score (nSPS) is 17.2. The van der Waals surface area contributed by atoms with E-state index < -0.39 is 0 Å². The van der Waals surface area contributed by atoms with Gasteiger partial charge in [0.2, 0.25) is 0 Å². The second-order valence-electron chi connectivity index (χ2n) is 5.03. The number of aryl methyl sites for hydroxylation is 1. The van der Waals surface area contributed by atoms with Gasteiger partial charge in [-0.1, -0.05) is 36.4 Å². The summed E-state index contributed by atoms with van der Waals surface area (Å²) in [6.45, 7) is 2.65. The first-order chi connectivity index (χ1) is 9.68. The van der Waals surface area contributed by atoms with Gasteiger partial charge < -0.3 is 4.74 Å². The van der Waals surface area contributed by atoms with Gasteiger partial charge in [0.15, 0.2) is 5.78 Å². The summed E-state index contributed by atoms with van der Waals surface area (Å²) in [6.07, 6.45) is 0.750. The van der Waals surface area contributed by atoms with Crippen molar-refractivity contribution in [2.45, 2.75) is 19.3 Å². The topological polar surface area (TPSA) is 26.3 Å². The van der Waals surface area contributed by atoms with Crippen molar-refractivity contribution in [1.82, 2.24) is 0 Å². The van der Waals surface area contributed by atoms with Gasteiger partial charge >= 0.3 is 0 Å². The molecule has 1 aliphatic rings. The number of fused-ring (bicyclic) bond motifs is 1. The summed E-state index contributed by atoms with van der Waals surface area (Å²) in [5.41, 5.74) is 2.99. The average Bonchev–Trinajstić information content (AvgIpc) is 2.49. The molecule has 0 radical (unpaired) electrons. The van der Waals surface area contributed by atoms with Gasteiger partial charge in [0.05, 0.1) is 12.5 Å². The predicted molar refractivity (Wildman–Crippen MR) is 87.5 cm³/mol. The van der Waals surface area contributed by atoms with Crippen molar-refractivity contribution in [3.05, 3.63) is 62.7 Å². The van der Waals surface area contributed by atoms with Crippen LogP contribution in [0.2, 0.25) is 0 Å². The number of para-hydroxylation sites is 1. The van der Waals surface area contributed by atoms with Crippen LogP contribution in [0.3, 0.4) is 0 Å². The highest BCUT2D eigenvalue weighted by Crippen LogP contribution is 2.36. The second kappa shape index (κ2) is 5.56. The summed E-state index contributed by atoms with van der Waals surface area (Å²) in [5, 5.41) is 0. The Morgan fingerprint density at radius 3 is 2.85 bits per heavy atom. The Bertz CT molecular complexity index is 664. The fourth-order valence-electron chi connectivity index (χ4n) is 2.64. The molecular formula is C17H15IO2. The van der Waals surface area contributed by atoms with Crippen LogP contribution >= 0.6 is 22.6 Å². The standard InChI is InChI=1S/C17H15IO2/c1-11-5-4-7-14(16(11)18)17(19)13-9-10-20-15-8-3-2-6-12(13)15/h2-8,13H,9-10H2,1H3. The molecule has 2 aromatic carbocycles. The van der Waals surface area contributed by atoms with Crippen molar-refractivity contribution in [1.29, 1.82) is 0 Å². The lowest BCUT2D eigenvalue weighted by Gasteiger charge is -2.25. The average molecular weight is 378 g/mol. The minimum atomic E-state index is -0.0877. The molecule has 0 fully saturated rings. The minimum Gasteiger partial charge on any atom is -0.493 e. The molecule has 0 aliphatic carbocycles. The summed E-state index contributed by atoms with van der Waals surface area (Å²) in [6, 6.07) is 13.8. The highest BCUT2D eigenvalue weighted by atomic mass is 127. The SMILES string of the molecule is Cc1cccc(C(=O)C2CCOc3ccccc32)c1I. The van der Waals surface area contributed by atoms with E-state index in [1.807, 2.05) is 49.4 Å². The van der Waals surface area contributed by atoms with Crippen LogP contribution in [0, 0.1) is 10.5 Å². The Kier molecular flexibility index (Phi) is 3.78. The summed E-state index contributed by atoms with van der Waals surface area (Å²) < 4.78 is 6.69. The van der Waals surface area contributed by atoms with Crippen molar-refractivity contribution in [2.75, 3.05) is 6.61 Å². The molecule has 1 heterocycles. The lowest BCUT2D eigenvalue weighted by molar-refractivity contribution is 0.0932. The molecular weight excluding hydrogens is 363 g/mol. The Labute approximate surface area is 132 Å². The van der Waals surface area contributed by atoms with Gasteiger partial charge in [0.25, 0.3) is 0 Å². The number of benzene rings is 2. The first-order valence-corrected chi connectivity index (χ1v) is 7.77. The molecule has 1 unspecified atom stereocenters. The third kappa shape index (κ3) is 2.35. The van der Waals surface area contributed by atoms with Gasteiger partial charge in [-0.05, 0) is 47.6 Å². The van der Waals surface area contributed by atoms with Crippen LogP contribution in [0.5, 0.6) is 5.75 Å². The third-order valence-corrected chi connectivity index (χ3v) is 5.16. The lowest BCUT2D eigenvalue weighted by Crippen LogP contribution is -2.22. The van der Waals surface area contributed by atoms with E-state index in [0.29, 0.717) is 6.61 Å². The lowest BCUT2D eigenvalue weighted by atomic mass is 9.86. The van der Waals surface area contributed by atoms with E-state index in [1.165, 1.54) is 0 Å². The molecule has 0 N–H and O–H groups in total. The maximum absolute atomic E-state index is 12.9. The van der Waals surface area contributed by atoms with E-state index in [-0.39, 0.29) is 11.7 Å². The van der Waals surface area contributed by atoms with E-state index in [9.17, 15) is 4.79 Å². The van der Waals surface area contributed by atoms with Crippen molar-refractivity contribution in [3.63, 3.8) is 0 Å². The summed E-state index contributed by atoms with van der Waals surface area (Å²) in [5.74, 6) is 0.962. The predicted octanol–water partition coefficient (Wildman–Crippen LogP) is 4.35. The molecule has 102 valence electrons. The number of ketones is 1. The van der Waals surface area contributed by atoms with Crippen LogP contribution in [-0.2, 0) is 0 Å². The summed E-state index contributed by atoms with van der Waals surface area (Å²) >= 11 is 2.26. The minimum absolute atomic E-state index is 0.0877. The molecule has 0 amide bonds. The molecule has 2 nitrogen and oxygen atoms in total. The molecule has 3 heteroatoms. The van der Waals surface area contributed by atoms with E-state index in [4.69, 9.17) is 4.74 Å². The molecule has 0 spiro atoms. The number of carbonyl (C=O) groups is 1. The van der Waals surface area contributed by atoms with Crippen LogP contribution in [0.15, 0.2) is 42.5 Å². The molecule has 0 saturated heterocycles. The van der Waals surface area contributed by atoms with Crippen molar-refractivity contribution >= 4 is 28.4 Å². The maximum Gasteiger partial charge on any atom is 0.171 e. The van der Waals surface area contributed by atoms with Gasteiger partial charge in [-0.15, -0.1) is 0 Å². The summed E-state index contributed by atoms with van der Waals surface area (Å²) in [7, 11) is 0. The van der Waals surface area contributed by atoms with Crippen molar-refractivity contribution < 1.29 is 9.53 Å². The molecule has 3 rings (SSSR count). The number of hydrogen-bond acceptors (Lipinski definition) is 2. The number of ether oxygens (including phenoxy) is 1. The van der Waals surface area contributed by atoms with Gasteiger partial charge in [-0.3, -0.25) is 4.79 Å². The Morgan fingerprint density at radius 1 is 1.20 bits per heavy atom. The Hall–Kier alpha value is -1.36. The number of rotatable bonds is 2. The van der Waals surface area contributed by atoms with E-state index in [0.717, 1.165) is 32.4 Å². The number of hydrogen-bond donors (Lipinski definition) is 0. The van der Waals surface area contributed by atoms with E-state index in [2.05, 4.69) is 22.6 Å². The molecule has 2 aromatic rings. The largest absolute Gasteiger partial charge is 0.493 e. The van der Waals surface area contributed by atoms with Crippen LogP contribution in [0.4, 0.5) is 0 Å². The fraction of sp³-hybridized carbons (Fsp3) is 0.235. The van der Waals surface area contributed by atoms with Gasteiger partial charge in [0, 0.05) is 14.7 Å². The first-order valence-electron chi connectivity index (χ1n) is 6.69. The highest BCUT2D eigenvalue weighted by molar-refractivity contribution is 14.1. The van der Waals surface area contributed by atoms with Crippen LogP contribution in [0.1, 0.15) is 33.8 Å². The van der Waals surface area contributed by atoms with Gasteiger partial charge in [-0.2, -0.15) is 0 Å². The number of halogens is 1. The molecule has 20 heavy (non-hydrogen) atoms. The van der Waals surface area contributed by atoms with Gasteiger partial charge in [0.1, 0.15) is 5.75 Å². The monoisotopic (exact) mass is 378 g/mol. The van der Waals surface area contributed by atoms with E-state index in [1.54, 1.807) is 0 Å². The number of carbonyl (C=O) groups excluding carboxylic acids is 1. The Balaban J connectivity index is 2.02. The van der Waals surface area contributed by atoms with Gasteiger partial charge in [-0.25, -0.2) is 0 Å².